The molecular weight excluding hydrogens is 264 g/mol. The molecule has 3 N–H and O–H groups in total. The van der Waals surface area contributed by atoms with E-state index >= 15 is 0 Å². The van der Waals surface area contributed by atoms with Crippen LogP contribution in [0.4, 0.5) is 5.69 Å². The summed E-state index contributed by atoms with van der Waals surface area (Å²) in [7, 11) is 0. The maximum absolute atomic E-state index is 12.0. The summed E-state index contributed by atoms with van der Waals surface area (Å²) in [5, 5.41) is 7.17. The molecule has 0 aliphatic carbocycles. The van der Waals surface area contributed by atoms with Crippen LogP contribution in [-0.2, 0) is 11.3 Å². The summed E-state index contributed by atoms with van der Waals surface area (Å²) in [5.74, 6) is 0.0311. The summed E-state index contributed by atoms with van der Waals surface area (Å²) in [6.07, 6.45) is 5.82. The summed E-state index contributed by atoms with van der Waals surface area (Å²) in [6, 6.07) is 9.83. The highest BCUT2D eigenvalue weighted by atomic mass is 16.1. The Morgan fingerprint density at radius 2 is 2.19 bits per heavy atom. The fourth-order valence-electron chi connectivity index (χ4n) is 2.15. The van der Waals surface area contributed by atoms with Gasteiger partial charge in [0.2, 0.25) is 5.91 Å². The molecule has 112 valence electrons. The number of hydrogen-bond acceptors (Lipinski definition) is 3. The van der Waals surface area contributed by atoms with E-state index in [1.807, 2.05) is 48.1 Å². The van der Waals surface area contributed by atoms with Crippen molar-refractivity contribution in [3.63, 3.8) is 0 Å². The van der Waals surface area contributed by atoms with Crippen molar-refractivity contribution in [2.24, 2.45) is 5.73 Å². The Bertz CT molecular complexity index is 563. The molecule has 1 atom stereocenters. The van der Waals surface area contributed by atoms with Crippen molar-refractivity contribution in [2.75, 3.05) is 5.32 Å². The van der Waals surface area contributed by atoms with Gasteiger partial charge < -0.3 is 11.1 Å². The van der Waals surface area contributed by atoms with Crippen molar-refractivity contribution >= 4 is 11.6 Å². The number of aromatic nitrogens is 2. The lowest BCUT2D eigenvalue weighted by molar-refractivity contribution is -0.116. The number of hydrogen-bond donors (Lipinski definition) is 2. The van der Waals surface area contributed by atoms with Crippen LogP contribution in [0.15, 0.2) is 42.7 Å². The van der Waals surface area contributed by atoms with Gasteiger partial charge in [-0.1, -0.05) is 18.2 Å². The fourth-order valence-corrected chi connectivity index (χ4v) is 2.15. The highest BCUT2D eigenvalue weighted by Crippen LogP contribution is 2.16. The van der Waals surface area contributed by atoms with Gasteiger partial charge in [0.25, 0.3) is 0 Å². The Morgan fingerprint density at radius 3 is 2.90 bits per heavy atom. The van der Waals surface area contributed by atoms with Crippen LogP contribution in [-0.4, -0.2) is 21.7 Å². The number of nitrogens with zero attached hydrogens (tertiary/aromatic N) is 2. The van der Waals surface area contributed by atoms with Gasteiger partial charge >= 0.3 is 0 Å². The van der Waals surface area contributed by atoms with Crippen LogP contribution in [0.5, 0.6) is 0 Å². The van der Waals surface area contributed by atoms with E-state index < -0.39 is 0 Å². The molecule has 0 saturated heterocycles. The van der Waals surface area contributed by atoms with Crippen molar-refractivity contribution < 1.29 is 4.79 Å². The van der Waals surface area contributed by atoms with Gasteiger partial charge in [0.15, 0.2) is 0 Å². The Balaban J connectivity index is 1.95. The van der Waals surface area contributed by atoms with E-state index in [2.05, 4.69) is 10.4 Å². The first-order chi connectivity index (χ1) is 10.1. The number of benzene rings is 1. The summed E-state index contributed by atoms with van der Waals surface area (Å²) in [5.41, 5.74) is 7.58. The maximum atomic E-state index is 12.0. The van der Waals surface area contributed by atoms with Crippen molar-refractivity contribution in [3.05, 3.63) is 48.3 Å². The Morgan fingerprint density at radius 1 is 1.38 bits per heavy atom. The lowest BCUT2D eigenvalue weighted by atomic mass is 10.1. The molecular formula is C16H22N4O. The minimum atomic E-state index is 0.0311. The summed E-state index contributed by atoms with van der Waals surface area (Å²) >= 11 is 0. The monoisotopic (exact) mass is 286 g/mol. The molecule has 5 nitrogen and oxygen atoms in total. The van der Waals surface area contributed by atoms with Gasteiger partial charge in [0.1, 0.15) is 0 Å². The smallest absolute Gasteiger partial charge is 0.224 e. The molecule has 1 aromatic carbocycles. The number of rotatable bonds is 7. The fraction of sp³-hybridized carbons (Fsp3) is 0.375. The third kappa shape index (κ3) is 5.04. The number of anilines is 1. The first-order valence-corrected chi connectivity index (χ1v) is 7.26. The summed E-state index contributed by atoms with van der Waals surface area (Å²) in [4.78, 5) is 12.0. The zero-order valence-electron chi connectivity index (χ0n) is 12.3. The van der Waals surface area contributed by atoms with Crippen LogP contribution >= 0.6 is 0 Å². The van der Waals surface area contributed by atoms with Gasteiger partial charge in [-0.25, -0.2) is 0 Å². The Hall–Kier alpha value is -2.14. The molecule has 0 aliphatic heterocycles. The van der Waals surface area contributed by atoms with Gasteiger partial charge in [0.05, 0.1) is 6.54 Å². The maximum Gasteiger partial charge on any atom is 0.224 e. The predicted molar refractivity (Wildman–Crippen MR) is 83.9 cm³/mol. The van der Waals surface area contributed by atoms with E-state index in [0.29, 0.717) is 13.0 Å². The average molecular weight is 286 g/mol. The minimum Gasteiger partial charge on any atom is -0.328 e. The van der Waals surface area contributed by atoms with E-state index in [1.165, 1.54) is 0 Å². The normalized spacial score (nSPS) is 12.1. The predicted octanol–water partition coefficient (Wildman–Crippen LogP) is 2.39. The molecule has 0 spiro atoms. The molecule has 1 amide bonds. The van der Waals surface area contributed by atoms with Gasteiger partial charge in [-0.15, -0.1) is 0 Å². The lowest BCUT2D eigenvalue weighted by Crippen LogP contribution is -2.17. The van der Waals surface area contributed by atoms with Crippen molar-refractivity contribution in [2.45, 2.75) is 38.8 Å². The molecule has 0 fully saturated rings. The number of nitrogens with two attached hydrogens (primary N) is 1. The minimum absolute atomic E-state index is 0.0311. The van der Waals surface area contributed by atoms with Crippen molar-refractivity contribution in [1.82, 2.24) is 9.78 Å². The van der Waals surface area contributed by atoms with E-state index in [-0.39, 0.29) is 11.9 Å². The largest absolute Gasteiger partial charge is 0.328 e. The molecule has 1 heterocycles. The standard InChI is InChI=1S/C16H22N4O/c1-13(17)6-4-9-16(21)19-15-8-3-2-7-14(15)12-20-11-5-10-18-20/h2-3,5,7-8,10-11,13H,4,6,9,12,17H2,1H3,(H,19,21). The molecule has 21 heavy (non-hydrogen) atoms. The number of amides is 1. The van der Waals surface area contributed by atoms with Crippen LogP contribution in [0.1, 0.15) is 31.7 Å². The van der Waals surface area contributed by atoms with Gasteiger partial charge in [-0.2, -0.15) is 5.10 Å². The molecule has 0 bridgehead atoms. The second-order valence-electron chi connectivity index (χ2n) is 5.28. The molecule has 1 unspecified atom stereocenters. The highest BCUT2D eigenvalue weighted by Gasteiger charge is 2.07. The van der Waals surface area contributed by atoms with Gasteiger partial charge in [-0.3, -0.25) is 9.48 Å². The summed E-state index contributed by atoms with van der Waals surface area (Å²) < 4.78 is 1.83. The van der Waals surface area contributed by atoms with Crippen LogP contribution in [0.25, 0.3) is 0 Å². The zero-order valence-corrected chi connectivity index (χ0v) is 12.3. The molecule has 1 aromatic heterocycles. The molecule has 2 aromatic rings. The van der Waals surface area contributed by atoms with E-state index in [1.54, 1.807) is 6.20 Å². The average Bonchev–Trinajstić information content (AvgIpc) is 2.93. The quantitative estimate of drug-likeness (QED) is 0.820. The Labute approximate surface area is 125 Å². The van der Waals surface area contributed by atoms with Crippen molar-refractivity contribution in [3.8, 4) is 0 Å². The first-order valence-electron chi connectivity index (χ1n) is 7.26. The molecule has 0 saturated carbocycles. The highest BCUT2D eigenvalue weighted by molar-refractivity contribution is 5.91. The second kappa shape index (κ2) is 7.59. The lowest BCUT2D eigenvalue weighted by Gasteiger charge is -2.11. The molecule has 5 heteroatoms. The summed E-state index contributed by atoms with van der Waals surface area (Å²) in [6.45, 7) is 2.60. The van der Waals surface area contributed by atoms with Gasteiger partial charge in [-0.05, 0) is 37.5 Å². The van der Waals surface area contributed by atoms with Crippen LogP contribution in [0, 0.1) is 0 Å². The SMILES string of the molecule is CC(N)CCCC(=O)Nc1ccccc1Cn1cccn1. The number of carbonyl (C=O) groups excluding carboxylic acids is 1. The number of carbonyl (C=O) groups is 1. The number of nitrogens with one attached hydrogen (secondary N) is 1. The third-order valence-electron chi connectivity index (χ3n) is 3.25. The van der Waals surface area contributed by atoms with E-state index in [9.17, 15) is 4.79 Å². The zero-order chi connectivity index (χ0) is 15.1. The van der Waals surface area contributed by atoms with Gasteiger partial charge in [0, 0.05) is 30.5 Å². The van der Waals surface area contributed by atoms with Crippen LogP contribution in [0.2, 0.25) is 0 Å². The Kier molecular flexibility index (Phi) is 5.51. The molecule has 0 aliphatic rings. The third-order valence-corrected chi connectivity index (χ3v) is 3.25. The van der Waals surface area contributed by atoms with Crippen molar-refractivity contribution in [1.29, 1.82) is 0 Å². The number of para-hydroxylation sites is 1. The van der Waals surface area contributed by atoms with Crippen LogP contribution in [0.3, 0.4) is 0 Å². The first kappa shape index (κ1) is 15.3. The van der Waals surface area contributed by atoms with E-state index in [0.717, 1.165) is 24.1 Å². The van der Waals surface area contributed by atoms with Crippen LogP contribution < -0.4 is 11.1 Å². The topological polar surface area (TPSA) is 72.9 Å². The molecule has 0 radical (unpaired) electrons. The van der Waals surface area contributed by atoms with E-state index in [4.69, 9.17) is 5.73 Å². The second-order valence-corrected chi connectivity index (χ2v) is 5.28. The molecule has 2 rings (SSSR count).